The number of aromatic amines is 1. The molecule has 0 atom stereocenters. The third kappa shape index (κ3) is 2.12. The van der Waals surface area contributed by atoms with E-state index in [0.717, 1.165) is 10.2 Å². The van der Waals surface area contributed by atoms with Gasteiger partial charge in [0.2, 0.25) is 0 Å². The van der Waals surface area contributed by atoms with Crippen LogP contribution >= 0.6 is 0 Å². The molecule has 0 saturated carbocycles. The maximum Gasteiger partial charge on any atom is 0.341 e. The van der Waals surface area contributed by atoms with Crippen LogP contribution < -0.4 is 11.3 Å². The van der Waals surface area contributed by atoms with E-state index in [1.54, 1.807) is 13.1 Å². The van der Waals surface area contributed by atoms with Crippen molar-refractivity contribution < 1.29 is 4.79 Å². The topological polar surface area (TPSA) is 112 Å². The van der Waals surface area contributed by atoms with Gasteiger partial charge in [-0.1, -0.05) is 35.5 Å². The van der Waals surface area contributed by atoms with Crippen molar-refractivity contribution >= 4 is 6.03 Å². The number of aromatic nitrogens is 5. The number of rotatable bonds is 2. The smallest absolute Gasteiger partial charge is 0.341 e. The molecule has 106 valence electrons. The first kappa shape index (κ1) is 12.9. The molecule has 3 rings (SSSR count). The van der Waals surface area contributed by atoms with Crippen molar-refractivity contribution in [2.75, 3.05) is 0 Å². The molecule has 2 aromatic heterocycles. The van der Waals surface area contributed by atoms with Crippen LogP contribution in [0.5, 0.6) is 0 Å². The molecule has 3 N–H and O–H groups in total. The van der Waals surface area contributed by atoms with Gasteiger partial charge in [0.25, 0.3) is 0 Å². The molecule has 8 nitrogen and oxygen atoms in total. The molecular formula is C13H12N6O2. The minimum absolute atomic E-state index is 0.212. The molecule has 21 heavy (non-hydrogen) atoms. The van der Waals surface area contributed by atoms with Gasteiger partial charge in [-0.15, -0.1) is 5.10 Å². The van der Waals surface area contributed by atoms with Gasteiger partial charge in [0.15, 0.2) is 5.69 Å². The molecule has 0 radical (unpaired) electrons. The lowest BCUT2D eigenvalue weighted by molar-refractivity contribution is 0.247. The van der Waals surface area contributed by atoms with Crippen LogP contribution in [0.2, 0.25) is 0 Å². The van der Waals surface area contributed by atoms with E-state index in [4.69, 9.17) is 5.73 Å². The Balaban J connectivity index is 2.09. The van der Waals surface area contributed by atoms with Gasteiger partial charge in [0.1, 0.15) is 5.69 Å². The molecule has 0 fully saturated rings. The van der Waals surface area contributed by atoms with E-state index in [0.29, 0.717) is 11.4 Å². The number of nitrogens with zero attached hydrogens (tertiary/aromatic N) is 4. The second kappa shape index (κ2) is 4.75. The molecule has 1 aromatic carbocycles. The number of benzene rings is 1. The fraction of sp³-hybridized carbons (Fsp3) is 0.0769. The van der Waals surface area contributed by atoms with Crippen molar-refractivity contribution in [3.63, 3.8) is 0 Å². The highest BCUT2D eigenvalue weighted by atomic mass is 16.2. The molecule has 1 amide bonds. The molecule has 0 aliphatic rings. The Morgan fingerprint density at radius 2 is 2.00 bits per heavy atom. The number of carbonyl (C=O) groups is 1. The minimum Gasteiger partial charge on any atom is -0.350 e. The molecular weight excluding hydrogens is 272 g/mol. The molecule has 0 bridgehead atoms. The van der Waals surface area contributed by atoms with Crippen LogP contribution in [0.25, 0.3) is 16.9 Å². The number of nitrogens with one attached hydrogen (secondary N) is 1. The number of carbonyl (C=O) groups excluding carboxylic acids is 1. The van der Waals surface area contributed by atoms with E-state index in [1.807, 2.05) is 30.3 Å². The summed E-state index contributed by atoms with van der Waals surface area (Å²) in [6, 6.07) is 8.57. The highest BCUT2D eigenvalue weighted by Gasteiger charge is 2.17. The van der Waals surface area contributed by atoms with E-state index in [1.165, 1.54) is 4.68 Å². The Bertz CT molecular complexity index is 858. The summed E-state index contributed by atoms with van der Waals surface area (Å²) in [5, 5.41) is 10.6. The Morgan fingerprint density at radius 1 is 1.29 bits per heavy atom. The van der Waals surface area contributed by atoms with Gasteiger partial charge in [-0.05, 0) is 6.92 Å². The lowest BCUT2D eigenvalue weighted by atomic mass is 10.2. The summed E-state index contributed by atoms with van der Waals surface area (Å²) in [7, 11) is 0. The number of primary amides is 1. The van der Waals surface area contributed by atoms with Gasteiger partial charge in [-0.2, -0.15) is 4.68 Å². The lowest BCUT2D eigenvalue weighted by Crippen LogP contribution is -2.31. The van der Waals surface area contributed by atoms with E-state index >= 15 is 0 Å². The predicted octanol–water partition coefficient (Wildman–Crippen LogP) is 0.659. The number of hydrogen-bond acceptors (Lipinski definition) is 4. The summed E-state index contributed by atoms with van der Waals surface area (Å²) in [5.41, 5.74) is 6.75. The van der Waals surface area contributed by atoms with Crippen LogP contribution in [0.1, 0.15) is 5.69 Å². The average Bonchev–Trinajstić information content (AvgIpc) is 3.05. The molecule has 0 aliphatic carbocycles. The van der Waals surface area contributed by atoms with E-state index in [-0.39, 0.29) is 5.69 Å². The number of nitrogens with two attached hydrogens (primary N) is 1. The van der Waals surface area contributed by atoms with Crippen molar-refractivity contribution in [2.45, 2.75) is 6.92 Å². The van der Waals surface area contributed by atoms with Crippen molar-refractivity contribution in [3.8, 4) is 16.9 Å². The summed E-state index contributed by atoms with van der Waals surface area (Å²) in [6.07, 6.45) is 1.62. The predicted molar refractivity (Wildman–Crippen MR) is 75.1 cm³/mol. The van der Waals surface area contributed by atoms with Crippen molar-refractivity contribution in [1.29, 1.82) is 0 Å². The Kier molecular flexibility index (Phi) is 2.90. The molecule has 0 unspecified atom stereocenters. The van der Waals surface area contributed by atoms with E-state index < -0.39 is 11.6 Å². The van der Waals surface area contributed by atoms with Gasteiger partial charge in [0.05, 0.1) is 11.9 Å². The lowest BCUT2D eigenvalue weighted by Gasteiger charge is -1.95. The van der Waals surface area contributed by atoms with Crippen molar-refractivity contribution in [1.82, 2.24) is 24.8 Å². The number of hydrogen-bond donors (Lipinski definition) is 2. The first-order valence-electron chi connectivity index (χ1n) is 6.17. The largest absolute Gasteiger partial charge is 0.350 e. The second-order valence-electron chi connectivity index (χ2n) is 4.48. The summed E-state index contributed by atoms with van der Waals surface area (Å²) in [4.78, 5) is 23.3. The summed E-state index contributed by atoms with van der Waals surface area (Å²) < 4.78 is 2.06. The highest BCUT2D eigenvalue weighted by Crippen LogP contribution is 2.16. The summed E-state index contributed by atoms with van der Waals surface area (Å²) in [5.74, 6) is 0. The first-order chi connectivity index (χ1) is 10.1. The zero-order chi connectivity index (χ0) is 15.0. The third-order valence-corrected chi connectivity index (χ3v) is 3.05. The van der Waals surface area contributed by atoms with E-state index in [2.05, 4.69) is 15.4 Å². The highest BCUT2D eigenvalue weighted by molar-refractivity contribution is 5.74. The molecule has 2 heterocycles. The zero-order valence-electron chi connectivity index (χ0n) is 11.1. The van der Waals surface area contributed by atoms with Crippen molar-refractivity contribution in [2.24, 2.45) is 5.73 Å². The Labute approximate surface area is 118 Å². The normalized spacial score (nSPS) is 10.7. The van der Waals surface area contributed by atoms with Gasteiger partial charge >= 0.3 is 11.6 Å². The van der Waals surface area contributed by atoms with Gasteiger partial charge in [-0.3, -0.25) is 9.89 Å². The van der Waals surface area contributed by atoms with Crippen LogP contribution in [0.15, 0.2) is 41.3 Å². The van der Waals surface area contributed by atoms with Crippen molar-refractivity contribution in [3.05, 3.63) is 52.6 Å². The number of H-pyrrole nitrogens is 1. The monoisotopic (exact) mass is 284 g/mol. The summed E-state index contributed by atoms with van der Waals surface area (Å²) in [6.45, 7) is 1.65. The fourth-order valence-corrected chi connectivity index (χ4v) is 2.08. The van der Waals surface area contributed by atoms with Crippen LogP contribution in [0.3, 0.4) is 0 Å². The van der Waals surface area contributed by atoms with Crippen LogP contribution in [0.4, 0.5) is 4.79 Å². The SMILES string of the molecule is Cc1[nH]n(C(N)=O)c(=O)c1-n1cc(-c2ccccc2)nn1. The number of amides is 1. The van der Waals surface area contributed by atoms with E-state index in [9.17, 15) is 9.59 Å². The maximum absolute atomic E-state index is 12.1. The molecule has 3 aromatic rings. The molecule has 0 spiro atoms. The molecule has 0 saturated heterocycles. The standard InChI is InChI=1S/C13H12N6O2/c1-8-11(12(20)19(16-8)13(14)21)18-7-10(15-17-18)9-5-3-2-4-6-9/h2-7,16H,1H3,(H2,14,21). The van der Waals surface area contributed by atoms with Crippen LogP contribution in [-0.2, 0) is 0 Å². The first-order valence-corrected chi connectivity index (χ1v) is 6.17. The quantitative estimate of drug-likeness (QED) is 0.719. The summed E-state index contributed by atoms with van der Waals surface area (Å²) >= 11 is 0. The zero-order valence-corrected chi connectivity index (χ0v) is 11.1. The fourth-order valence-electron chi connectivity index (χ4n) is 2.08. The van der Waals surface area contributed by atoms with Gasteiger partial charge in [0, 0.05) is 5.56 Å². The second-order valence-corrected chi connectivity index (χ2v) is 4.48. The average molecular weight is 284 g/mol. The minimum atomic E-state index is -0.877. The Morgan fingerprint density at radius 3 is 2.62 bits per heavy atom. The van der Waals surface area contributed by atoms with Crippen LogP contribution in [0, 0.1) is 6.92 Å². The van der Waals surface area contributed by atoms with Gasteiger partial charge in [-0.25, -0.2) is 9.48 Å². The molecule has 0 aliphatic heterocycles. The third-order valence-electron chi connectivity index (χ3n) is 3.05. The molecule has 8 heteroatoms. The Hall–Kier alpha value is -3.16. The maximum atomic E-state index is 12.1. The number of aryl methyl sites for hydroxylation is 1. The van der Waals surface area contributed by atoms with Crippen LogP contribution in [-0.4, -0.2) is 30.8 Å². The van der Waals surface area contributed by atoms with Gasteiger partial charge < -0.3 is 5.73 Å².